The number of anilines is 1. The van der Waals surface area contributed by atoms with Crippen LogP contribution in [0.5, 0.6) is 0 Å². The van der Waals surface area contributed by atoms with Crippen LogP contribution in [-0.2, 0) is 11.3 Å². The van der Waals surface area contributed by atoms with Gasteiger partial charge in [0.25, 0.3) is 5.91 Å². The molecule has 3 heterocycles. The SMILES string of the molecule is CC(C)(C)OC(=O)N1CCN(c2ccc3c(c2)CN(C2CCC(O)NC2O)C3=O)CC1. The van der Waals surface area contributed by atoms with Crippen molar-refractivity contribution in [3.63, 3.8) is 0 Å². The number of piperidine rings is 1. The van der Waals surface area contributed by atoms with Gasteiger partial charge in [-0.2, -0.15) is 0 Å². The summed E-state index contributed by atoms with van der Waals surface area (Å²) in [6, 6.07) is 5.48. The minimum Gasteiger partial charge on any atom is -0.444 e. The van der Waals surface area contributed by atoms with E-state index in [0.717, 1.165) is 11.3 Å². The molecule has 3 atom stereocenters. The Hall–Kier alpha value is -2.36. The quantitative estimate of drug-likeness (QED) is 0.642. The number of amides is 2. The van der Waals surface area contributed by atoms with Gasteiger partial charge in [0, 0.05) is 44.0 Å². The Kier molecular flexibility index (Phi) is 5.85. The molecule has 0 aromatic heterocycles. The van der Waals surface area contributed by atoms with Gasteiger partial charge in [-0.15, -0.1) is 0 Å². The van der Waals surface area contributed by atoms with Crippen LogP contribution < -0.4 is 10.2 Å². The number of nitrogens with one attached hydrogen (secondary N) is 1. The minimum absolute atomic E-state index is 0.0847. The average Bonchev–Trinajstić information content (AvgIpc) is 3.02. The van der Waals surface area contributed by atoms with Crippen molar-refractivity contribution < 1.29 is 24.5 Å². The zero-order valence-electron chi connectivity index (χ0n) is 18.4. The van der Waals surface area contributed by atoms with E-state index >= 15 is 0 Å². The number of benzene rings is 1. The first-order valence-corrected chi connectivity index (χ1v) is 10.9. The monoisotopic (exact) mass is 432 g/mol. The molecule has 4 rings (SSSR count). The van der Waals surface area contributed by atoms with Crippen molar-refractivity contribution >= 4 is 17.7 Å². The summed E-state index contributed by atoms with van der Waals surface area (Å²) in [6.45, 7) is 8.58. The van der Waals surface area contributed by atoms with Crippen LogP contribution in [-0.4, -0.2) is 82.3 Å². The van der Waals surface area contributed by atoms with Crippen molar-refractivity contribution in [3.05, 3.63) is 29.3 Å². The Labute approximate surface area is 182 Å². The number of carbonyl (C=O) groups excluding carboxylic acids is 2. The van der Waals surface area contributed by atoms with Gasteiger partial charge in [-0.25, -0.2) is 4.79 Å². The number of hydrogen-bond donors (Lipinski definition) is 3. The number of ether oxygens (including phenoxy) is 1. The molecule has 9 heteroatoms. The second-order valence-electron chi connectivity index (χ2n) is 9.50. The van der Waals surface area contributed by atoms with Crippen LogP contribution in [0, 0.1) is 0 Å². The number of aliphatic hydroxyl groups is 2. The van der Waals surface area contributed by atoms with Crippen molar-refractivity contribution in [2.45, 2.75) is 64.3 Å². The molecule has 3 N–H and O–H groups in total. The van der Waals surface area contributed by atoms with Gasteiger partial charge >= 0.3 is 6.09 Å². The molecule has 0 bridgehead atoms. The Morgan fingerprint density at radius 1 is 1.13 bits per heavy atom. The third-order valence-corrected chi connectivity index (χ3v) is 6.08. The number of nitrogens with zero attached hydrogens (tertiary/aromatic N) is 3. The molecule has 3 aliphatic rings. The van der Waals surface area contributed by atoms with Crippen LogP contribution in [0.3, 0.4) is 0 Å². The minimum atomic E-state index is -0.942. The Bertz CT molecular complexity index is 847. The summed E-state index contributed by atoms with van der Waals surface area (Å²) in [6.07, 6.45) is -0.921. The fourth-order valence-electron chi connectivity index (χ4n) is 4.47. The highest BCUT2D eigenvalue weighted by Gasteiger charge is 2.39. The molecule has 170 valence electrons. The predicted octanol–water partition coefficient (Wildman–Crippen LogP) is 1.09. The summed E-state index contributed by atoms with van der Waals surface area (Å²) >= 11 is 0. The lowest BCUT2D eigenvalue weighted by molar-refractivity contribution is -0.0477. The molecule has 3 aliphatic heterocycles. The fraction of sp³-hybridized carbons (Fsp3) is 0.636. The molecule has 0 spiro atoms. The first kappa shape index (κ1) is 21.9. The number of aliphatic hydroxyl groups excluding tert-OH is 2. The topological polar surface area (TPSA) is 106 Å². The molecular formula is C22H32N4O5. The molecule has 3 unspecified atom stereocenters. The summed E-state index contributed by atoms with van der Waals surface area (Å²) < 4.78 is 5.46. The number of hydrogen-bond acceptors (Lipinski definition) is 7. The summed E-state index contributed by atoms with van der Waals surface area (Å²) in [4.78, 5) is 30.8. The van der Waals surface area contributed by atoms with Crippen LogP contribution in [0.1, 0.15) is 49.5 Å². The molecule has 0 radical (unpaired) electrons. The van der Waals surface area contributed by atoms with Crippen molar-refractivity contribution in [1.82, 2.24) is 15.1 Å². The zero-order valence-corrected chi connectivity index (χ0v) is 18.4. The lowest BCUT2D eigenvalue weighted by Crippen LogP contribution is -2.56. The lowest BCUT2D eigenvalue weighted by Gasteiger charge is -2.37. The van der Waals surface area contributed by atoms with E-state index in [2.05, 4.69) is 10.2 Å². The van der Waals surface area contributed by atoms with Crippen LogP contribution in [0.2, 0.25) is 0 Å². The van der Waals surface area contributed by atoms with E-state index in [0.29, 0.717) is 51.1 Å². The molecule has 1 aromatic carbocycles. The number of carbonyl (C=O) groups is 2. The first-order chi connectivity index (χ1) is 14.6. The fourth-order valence-corrected chi connectivity index (χ4v) is 4.47. The Morgan fingerprint density at radius 3 is 2.48 bits per heavy atom. The van der Waals surface area contributed by atoms with Crippen molar-refractivity contribution in [3.8, 4) is 0 Å². The Balaban J connectivity index is 1.40. The van der Waals surface area contributed by atoms with Gasteiger partial charge in [-0.3, -0.25) is 10.1 Å². The van der Waals surface area contributed by atoms with Gasteiger partial charge in [-0.1, -0.05) is 0 Å². The van der Waals surface area contributed by atoms with Crippen LogP contribution in [0.25, 0.3) is 0 Å². The second kappa shape index (κ2) is 8.29. The highest BCUT2D eigenvalue weighted by atomic mass is 16.6. The van der Waals surface area contributed by atoms with E-state index in [-0.39, 0.29) is 18.0 Å². The summed E-state index contributed by atoms with van der Waals surface area (Å²) in [7, 11) is 0. The number of rotatable bonds is 2. The van der Waals surface area contributed by atoms with Gasteiger partial charge in [0.2, 0.25) is 0 Å². The van der Waals surface area contributed by atoms with Crippen LogP contribution in [0.4, 0.5) is 10.5 Å². The summed E-state index contributed by atoms with van der Waals surface area (Å²) in [5.74, 6) is -0.0847. The maximum absolute atomic E-state index is 12.9. The lowest BCUT2D eigenvalue weighted by atomic mass is 10.0. The van der Waals surface area contributed by atoms with Gasteiger partial charge in [0.05, 0.1) is 6.04 Å². The molecular weight excluding hydrogens is 400 g/mol. The van der Waals surface area contributed by atoms with E-state index in [1.807, 2.05) is 39.0 Å². The van der Waals surface area contributed by atoms with Gasteiger partial charge in [-0.05, 0) is 57.4 Å². The Morgan fingerprint density at radius 2 is 1.84 bits per heavy atom. The average molecular weight is 433 g/mol. The van der Waals surface area contributed by atoms with E-state index in [1.165, 1.54) is 0 Å². The third-order valence-electron chi connectivity index (χ3n) is 6.08. The second-order valence-corrected chi connectivity index (χ2v) is 9.50. The van der Waals surface area contributed by atoms with Gasteiger partial charge in [0.1, 0.15) is 18.1 Å². The largest absolute Gasteiger partial charge is 0.444 e. The summed E-state index contributed by atoms with van der Waals surface area (Å²) in [5.41, 5.74) is 2.12. The first-order valence-electron chi connectivity index (χ1n) is 10.9. The molecule has 2 amide bonds. The predicted molar refractivity (Wildman–Crippen MR) is 115 cm³/mol. The molecule has 31 heavy (non-hydrogen) atoms. The number of piperazine rings is 1. The molecule has 2 saturated heterocycles. The van der Waals surface area contributed by atoms with E-state index in [4.69, 9.17) is 4.74 Å². The van der Waals surface area contributed by atoms with Crippen molar-refractivity contribution in [1.29, 1.82) is 0 Å². The molecule has 0 saturated carbocycles. The van der Waals surface area contributed by atoms with Crippen molar-refractivity contribution in [2.75, 3.05) is 31.1 Å². The standard InChI is InChI=1S/C22H32N4O5/c1-22(2,3)31-21(30)25-10-8-24(9-11-25)15-4-5-16-14(12-15)13-26(20(16)29)17-6-7-18(27)23-19(17)28/h4-5,12,17-19,23,27-28H,6-11,13H2,1-3H3. The summed E-state index contributed by atoms with van der Waals surface area (Å²) in [5, 5.41) is 22.6. The third kappa shape index (κ3) is 4.63. The van der Waals surface area contributed by atoms with E-state index in [1.54, 1.807) is 9.80 Å². The van der Waals surface area contributed by atoms with Crippen LogP contribution in [0.15, 0.2) is 18.2 Å². The van der Waals surface area contributed by atoms with Gasteiger partial charge < -0.3 is 29.6 Å². The smallest absolute Gasteiger partial charge is 0.410 e. The molecule has 1 aromatic rings. The molecule has 9 nitrogen and oxygen atoms in total. The zero-order chi connectivity index (χ0) is 22.3. The van der Waals surface area contributed by atoms with Gasteiger partial charge in [0.15, 0.2) is 0 Å². The molecule has 0 aliphatic carbocycles. The van der Waals surface area contributed by atoms with Crippen LogP contribution >= 0.6 is 0 Å². The normalized spacial score (nSPS) is 26.8. The highest BCUT2D eigenvalue weighted by molar-refractivity contribution is 5.99. The maximum atomic E-state index is 12.9. The molecule has 2 fully saturated rings. The van der Waals surface area contributed by atoms with E-state index in [9.17, 15) is 19.8 Å². The van der Waals surface area contributed by atoms with Crippen molar-refractivity contribution in [2.24, 2.45) is 0 Å². The maximum Gasteiger partial charge on any atom is 0.410 e. The van der Waals surface area contributed by atoms with E-state index < -0.39 is 18.1 Å². The highest BCUT2D eigenvalue weighted by Crippen LogP contribution is 2.32. The number of fused-ring (bicyclic) bond motifs is 1.